The van der Waals surface area contributed by atoms with Crippen LogP contribution >= 0.6 is 15.9 Å². The van der Waals surface area contributed by atoms with Gasteiger partial charge in [0.15, 0.2) is 0 Å². The molecule has 3 heteroatoms. The number of halogens is 1. The van der Waals surface area contributed by atoms with E-state index in [0.717, 1.165) is 16.7 Å². The molecule has 1 heterocycles. The molecule has 15 heavy (non-hydrogen) atoms. The van der Waals surface area contributed by atoms with E-state index in [1.54, 1.807) is 6.20 Å². The highest BCUT2D eigenvalue weighted by molar-refractivity contribution is 9.10. The lowest BCUT2D eigenvalue weighted by Gasteiger charge is -2.05. The van der Waals surface area contributed by atoms with Crippen molar-refractivity contribution in [3.05, 3.63) is 58.8 Å². The fourth-order valence-electron chi connectivity index (χ4n) is 1.27. The summed E-state index contributed by atoms with van der Waals surface area (Å²) in [5.74, 6) is 0. The summed E-state index contributed by atoms with van der Waals surface area (Å²) in [7, 11) is 0. The van der Waals surface area contributed by atoms with E-state index in [-0.39, 0.29) is 0 Å². The van der Waals surface area contributed by atoms with Crippen LogP contribution in [0.2, 0.25) is 0 Å². The monoisotopic (exact) mass is 262 g/mol. The molecule has 0 aliphatic carbocycles. The molecule has 0 aliphatic heterocycles. The van der Waals surface area contributed by atoms with Crippen LogP contribution in [0, 0.1) is 0 Å². The first-order valence-corrected chi connectivity index (χ1v) is 5.52. The first-order valence-electron chi connectivity index (χ1n) is 4.73. The minimum atomic E-state index is 0.801. The lowest BCUT2D eigenvalue weighted by molar-refractivity contribution is 1.11. The summed E-state index contributed by atoms with van der Waals surface area (Å²) in [4.78, 5) is 4.06. The van der Waals surface area contributed by atoms with Gasteiger partial charge in [-0.2, -0.15) is 0 Å². The third kappa shape index (κ3) is 3.06. The molecule has 0 atom stereocenters. The minimum absolute atomic E-state index is 0.801. The Morgan fingerprint density at radius 1 is 1.13 bits per heavy atom. The molecule has 0 aliphatic rings. The van der Waals surface area contributed by atoms with Gasteiger partial charge >= 0.3 is 0 Å². The maximum Gasteiger partial charge on any atom is 0.0416 e. The fraction of sp³-hybridized carbons (Fsp3) is 0.0833. The van der Waals surface area contributed by atoms with Gasteiger partial charge in [-0.15, -0.1) is 0 Å². The molecular weight excluding hydrogens is 252 g/mol. The van der Waals surface area contributed by atoms with Crippen molar-refractivity contribution in [1.29, 1.82) is 0 Å². The number of aromatic nitrogens is 1. The maximum absolute atomic E-state index is 4.06. The van der Waals surface area contributed by atoms with E-state index in [2.05, 4.69) is 32.3 Å². The van der Waals surface area contributed by atoms with Crippen LogP contribution in [-0.2, 0) is 6.54 Å². The Balaban J connectivity index is 1.96. The first-order chi connectivity index (χ1) is 7.34. The summed E-state index contributed by atoms with van der Waals surface area (Å²) >= 11 is 3.40. The van der Waals surface area contributed by atoms with Crippen molar-refractivity contribution in [1.82, 2.24) is 4.98 Å². The van der Waals surface area contributed by atoms with Crippen molar-refractivity contribution in [2.24, 2.45) is 0 Å². The van der Waals surface area contributed by atoms with Crippen molar-refractivity contribution in [2.45, 2.75) is 6.54 Å². The van der Waals surface area contributed by atoms with Crippen LogP contribution in [0.4, 0.5) is 5.69 Å². The van der Waals surface area contributed by atoms with Gasteiger partial charge < -0.3 is 5.32 Å². The summed E-state index contributed by atoms with van der Waals surface area (Å²) in [5, 5.41) is 3.33. The van der Waals surface area contributed by atoms with Crippen molar-refractivity contribution in [2.75, 3.05) is 5.32 Å². The number of nitrogens with one attached hydrogen (secondary N) is 1. The van der Waals surface area contributed by atoms with Crippen LogP contribution in [0.5, 0.6) is 0 Å². The lowest BCUT2D eigenvalue weighted by atomic mass is 10.2. The molecule has 0 saturated heterocycles. The normalized spacial score (nSPS) is 9.93. The van der Waals surface area contributed by atoms with E-state index in [9.17, 15) is 0 Å². The Kier molecular flexibility index (Phi) is 3.35. The number of benzene rings is 1. The van der Waals surface area contributed by atoms with Crippen LogP contribution in [0.3, 0.4) is 0 Å². The van der Waals surface area contributed by atoms with E-state index in [0.29, 0.717) is 0 Å². The van der Waals surface area contributed by atoms with Gasteiger partial charge in [-0.05, 0) is 35.9 Å². The summed E-state index contributed by atoms with van der Waals surface area (Å²) in [6.45, 7) is 0.801. The van der Waals surface area contributed by atoms with Gasteiger partial charge in [0.05, 0.1) is 0 Å². The zero-order chi connectivity index (χ0) is 10.5. The average Bonchev–Trinajstić information content (AvgIpc) is 2.30. The highest BCUT2D eigenvalue weighted by atomic mass is 79.9. The Morgan fingerprint density at radius 2 is 1.93 bits per heavy atom. The number of anilines is 1. The molecule has 76 valence electrons. The molecule has 1 N–H and O–H groups in total. The first kappa shape index (κ1) is 10.2. The highest BCUT2D eigenvalue weighted by Gasteiger charge is 1.93. The number of pyridine rings is 1. The van der Waals surface area contributed by atoms with Crippen molar-refractivity contribution in [3.63, 3.8) is 0 Å². The molecule has 1 aromatic heterocycles. The SMILES string of the molecule is Brc1ccc(NCc2cccnc2)cc1. The molecule has 0 spiro atoms. The standard InChI is InChI=1S/C12H11BrN2/c13-11-3-5-12(6-4-11)15-9-10-2-1-7-14-8-10/h1-8,15H,9H2. The zero-order valence-corrected chi connectivity index (χ0v) is 9.74. The van der Waals surface area contributed by atoms with Crippen LogP contribution in [-0.4, -0.2) is 4.98 Å². The third-order valence-electron chi connectivity index (χ3n) is 2.06. The predicted molar refractivity (Wildman–Crippen MR) is 65.7 cm³/mol. The Labute approximate surface area is 97.5 Å². The Hall–Kier alpha value is -1.35. The van der Waals surface area contributed by atoms with Crippen LogP contribution in [0.15, 0.2) is 53.3 Å². The molecule has 1 aromatic carbocycles. The molecule has 0 radical (unpaired) electrons. The van der Waals surface area contributed by atoms with Gasteiger partial charge in [0.25, 0.3) is 0 Å². The molecule has 2 rings (SSSR count). The zero-order valence-electron chi connectivity index (χ0n) is 8.15. The van der Waals surface area contributed by atoms with E-state index in [1.807, 2.05) is 36.5 Å². The Morgan fingerprint density at radius 3 is 2.60 bits per heavy atom. The summed E-state index contributed by atoms with van der Waals surface area (Å²) in [5.41, 5.74) is 2.29. The Bertz CT molecular complexity index is 411. The van der Waals surface area contributed by atoms with Crippen molar-refractivity contribution < 1.29 is 0 Å². The average molecular weight is 263 g/mol. The second kappa shape index (κ2) is 4.94. The van der Waals surface area contributed by atoms with Gasteiger partial charge in [-0.1, -0.05) is 22.0 Å². The van der Waals surface area contributed by atoms with E-state index >= 15 is 0 Å². The fourth-order valence-corrected chi connectivity index (χ4v) is 1.54. The summed E-state index contributed by atoms with van der Waals surface area (Å²) in [6.07, 6.45) is 3.65. The number of nitrogens with zero attached hydrogens (tertiary/aromatic N) is 1. The maximum atomic E-state index is 4.06. The van der Waals surface area contributed by atoms with Gasteiger partial charge in [-0.25, -0.2) is 0 Å². The van der Waals surface area contributed by atoms with Crippen LogP contribution in [0.1, 0.15) is 5.56 Å². The second-order valence-electron chi connectivity index (χ2n) is 3.22. The number of rotatable bonds is 3. The largest absolute Gasteiger partial charge is 0.381 e. The summed E-state index contributed by atoms with van der Waals surface area (Å²) in [6, 6.07) is 12.1. The third-order valence-corrected chi connectivity index (χ3v) is 2.59. The molecule has 0 amide bonds. The van der Waals surface area contributed by atoms with Crippen LogP contribution < -0.4 is 5.32 Å². The number of hydrogen-bond acceptors (Lipinski definition) is 2. The van der Waals surface area contributed by atoms with Gasteiger partial charge in [-0.3, -0.25) is 4.98 Å². The van der Waals surface area contributed by atoms with Gasteiger partial charge in [0, 0.05) is 29.1 Å². The quantitative estimate of drug-likeness (QED) is 0.917. The van der Waals surface area contributed by atoms with E-state index in [1.165, 1.54) is 5.56 Å². The van der Waals surface area contributed by atoms with Crippen LogP contribution in [0.25, 0.3) is 0 Å². The lowest BCUT2D eigenvalue weighted by Crippen LogP contribution is -1.98. The van der Waals surface area contributed by atoms with Crippen molar-refractivity contribution >= 4 is 21.6 Å². The molecule has 2 aromatic rings. The van der Waals surface area contributed by atoms with Gasteiger partial charge in [0.1, 0.15) is 0 Å². The minimum Gasteiger partial charge on any atom is -0.381 e. The highest BCUT2D eigenvalue weighted by Crippen LogP contribution is 2.14. The smallest absolute Gasteiger partial charge is 0.0416 e. The van der Waals surface area contributed by atoms with Gasteiger partial charge in [0.2, 0.25) is 0 Å². The summed E-state index contributed by atoms with van der Waals surface area (Å²) < 4.78 is 1.09. The molecule has 0 saturated carbocycles. The second-order valence-corrected chi connectivity index (χ2v) is 4.14. The molecule has 0 bridgehead atoms. The van der Waals surface area contributed by atoms with Crippen molar-refractivity contribution in [3.8, 4) is 0 Å². The molecule has 0 unspecified atom stereocenters. The molecule has 2 nitrogen and oxygen atoms in total. The predicted octanol–water partition coefficient (Wildman–Crippen LogP) is 3.46. The molecule has 0 fully saturated rings. The molecular formula is C12H11BrN2. The number of hydrogen-bond donors (Lipinski definition) is 1. The van der Waals surface area contributed by atoms with E-state index < -0.39 is 0 Å². The van der Waals surface area contributed by atoms with E-state index in [4.69, 9.17) is 0 Å². The topological polar surface area (TPSA) is 24.9 Å².